The average molecular weight is 312 g/mol. The van der Waals surface area contributed by atoms with E-state index < -0.39 is 11.9 Å². The number of hydrogen-bond acceptors (Lipinski definition) is 3. The highest BCUT2D eigenvalue weighted by molar-refractivity contribution is 6.01. The van der Waals surface area contributed by atoms with E-state index in [2.05, 4.69) is 10.6 Å². The maximum Gasteiger partial charge on any atom is 0.325 e. The maximum absolute atomic E-state index is 11.8. The fourth-order valence-corrected chi connectivity index (χ4v) is 2.12. The minimum Gasteiger partial charge on any atom is -0.484 e. The molecule has 3 amide bonds. The number of nitrogens with one attached hydrogen (secondary N) is 2. The molecule has 0 fully saturated rings. The fraction of sp³-hybridized carbons (Fsp3) is 0.222. The Hall–Kier alpha value is -2.82. The molecule has 2 aromatic rings. The van der Waals surface area contributed by atoms with E-state index >= 15 is 0 Å². The zero-order valence-electron chi connectivity index (χ0n) is 13.5. The Morgan fingerprint density at radius 1 is 1.00 bits per heavy atom. The van der Waals surface area contributed by atoms with E-state index in [9.17, 15) is 9.59 Å². The van der Waals surface area contributed by atoms with Gasteiger partial charge in [-0.2, -0.15) is 0 Å². The number of benzene rings is 2. The molecule has 5 heteroatoms. The molecule has 0 aromatic heterocycles. The Morgan fingerprint density at radius 2 is 1.74 bits per heavy atom. The van der Waals surface area contributed by atoms with Crippen LogP contribution in [0.2, 0.25) is 0 Å². The molecule has 23 heavy (non-hydrogen) atoms. The topological polar surface area (TPSA) is 67.4 Å². The van der Waals surface area contributed by atoms with E-state index in [0.717, 1.165) is 16.7 Å². The van der Waals surface area contributed by atoms with Crippen LogP contribution in [0.5, 0.6) is 5.75 Å². The number of urea groups is 1. The van der Waals surface area contributed by atoms with Crippen LogP contribution < -0.4 is 15.4 Å². The van der Waals surface area contributed by atoms with Crippen molar-refractivity contribution < 1.29 is 14.3 Å². The highest BCUT2D eigenvalue weighted by atomic mass is 16.5. The molecule has 0 unspecified atom stereocenters. The van der Waals surface area contributed by atoms with E-state index in [1.807, 2.05) is 51.1 Å². The molecule has 0 heterocycles. The number of anilines is 1. The lowest BCUT2D eigenvalue weighted by Crippen LogP contribution is -2.37. The molecule has 2 N–H and O–H groups in total. The summed E-state index contributed by atoms with van der Waals surface area (Å²) in [5.41, 5.74) is 3.75. The molecule has 120 valence electrons. The van der Waals surface area contributed by atoms with Crippen molar-refractivity contribution in [2.75, 3.05) is 11.9 Å². The van der Waals surface area contributed by atoms with Crippen molar-refractivity contribution in [2.24, 2.45) is 0 Å². The summed E-state index contributed by atoms with van der Waals surface area (Å²) < 4.78 is 5.35. The molecular weight excluding hydrogens is 292 g/mol. The van der Waals surface area contributed by atoms with E-state index in [-0.39, 0.29) is 6.61 Å². The van der Waals surface area contributed by atoms with Crippen LogP contribution in [0, 0.1) is 20.8 Å². The first-order valence-electron chi connectivity index (χ1n) is 7.31. The summed E-state index contributed by atoms with van der Waals surface area (Å²) >= 11 is 0. The standard InChI is InChI=1S/C18H20N2O3/c1-12-5-4-6-15(10-12)23-11-17(21)20-18(22)19-16-8-7-13(2)9-14(16)3/h4-10H,11H2,1-3H3,(H2,19,20,21,22). The van der Waals surface area contributed by atoms with Gasteiger partial charge in [0.05, 0.1) is 0 Å². The van der Waals surface area contributed by atoms with Crippen LogP contribution in [0.3, 0.4) is 0 Å². The van der Waals surface area contributed by atoms with Crippen LogP contribution in [-0.2, 0) is 4.79 Å². The van der Waals surface area contributed by atoms with Crippen LogP contribution >= 0.6 is 0 Å². The van der Waals surface area contributed by atoms with E-state index in [1.165, 1.54) is 0 Å². The van der Waals surface area contributed by atoms with E-state index in [4.69, 9.17) is 4.74 Å². The number of carbonyl (C=O) groups excluding carboxylic acids is 2. The van der Waals surface area contributed by atoms with Gasteiger partial charge in [0.25, 0.3) is 5.91 Å². The molecule has 0 aliphatic heterocycles. The van der Waals surface area contributed by atoms with Gasteiger partial charge in [0.2, 0.25) is 0 Å². The van der Waals surface area contributed by atoms with Gasteiger partial charge in [-0.1, -0.05) is 29.8 Å². The SMILES string of the molecule is Cc1cccc(OCC(=O)NC(=O)Nc2ccc(C)cc2C)c1. The van der Waals surface area contributed by atoms with E-state index in [0.29, 0.717) is 11.4 Å². The van der Waals surface area contributed by atoms with Crippen LogP contribution in [0.25, 0.3) is 0 Å². The summed E-state index contributed by atoms with van der Waals surface area (Å²) in [6, 6.07) is 12.4. The first-order valence-corrected chi connectivity index (χ1v) is 7.31. The number of ether oxygens (including phenoxy) is 1. The van der Waals surface area contributed by atoms with Crippen molar-refractivity contribution in [1.29, 1.82) is 0 Å². The van der Waals surface area contributed by atoms with Gasteiger partial charge in [-0.05, 0) is 50.1 Å². The molecule has 2 aromatic carbocycles. The van der Waals surface area contributed by atoms with Crippen LogP contribution in [0.1, 0.15) is 16.7 Å². The molecule has 0 saturated heterocycles. The van der Waals surface area contributed by atoms with Gasteiger partial charge in [0, 0.05) is 5.69 Å². The first-order chi connectivity index (χ1) is 10.9. The normalized spacial score (nSPS) is 10.0. The third-order valence-electron chi connectivity index (χ3n) is 3.24. The Bertz CT molecular complexity index is 726. The van der Waals surface area contributed by atoms with E-state index in [1.54, 1.807) is 12.1 Å². The molecule has 5 nitrogen and oxygen atoms in total. The third kappa shape index (κ3) is 5.14. The molecular formula is C18H20N2O3. The van der Waals surface area contributed by atoms with Gasteiger partial charge >= 0.3 is 6.03 Å². The lowest BCUT2D eigenvalue weighted by molar-refractivity contribution is -0.121. The Morgan fingerprint density at radius 3 is 2.43 bits per heavy atom. The summed E-state index contributed by atoms with van der Waals surface area (Å²) in [5.74, 6) is 0.0868. The fourth-order valence-electron chi connectivity index (χ4n) is 2.12. The predicted molar refractivity (Wildman–Crippen MR) is 89.8 cm³/mol. The second kappa shape index (κ2) is 7.45. The van der Waals surface area contributed by atoms with Gasteiger partial charge in [-0.25, -0.2) is 4.79 Å². The van der Waals surface area contributed by atoms with Crippen LogP contribution in [0.15, 0.2) is 42.5 Å². The number of amides is 3. The summed E-state index contributed by atoms with van der Waals surface area (Å²) in [6.07, 6.45) is 0. The molecule has 0 saturated carbocycles. The molecule has 0 atom stereocenters. The second-order valence-electron chi connectivity index (χ2n) is 5.43. The molecule has 0 radical (unpaired) electrons. The number of rotatable bonds is 4. The minimum atomic E-state index is -0.574. The molecule has 0 aliphatic carbocycles. The van der Waals surface area contributed by atoms with Crippen molar-refractivity contribution in [3.63, 3.8) is 0 Å². The largest absolute Gasteiger partial charge is 0.484 e. The maximum atomic E-state index is 11.8. The van der Waals surface area contributed by atoms with Gasteiger partial charge in [-0.3, -0.25) is 10.1 Å². The highest BCUT2D eigenvalue weighted by Crippen LogP contribution is 2.15. The first kappa shape index (κ1) is 16.5. The van der Waals surface area contributed by atoms with Crippen molar-refractivity contribution in [2.45, 2.75) is 20.8 Å². The third-order valence-corrected chi connectivity index (χ3v) is 3.24. The number of imide groups is 1. The van der Waals surface area contributed by atoms with Crippen molar-refractivity contribution in [3.8, 4) is 5.75 Å². The second-order valence-corrected chi connectivity index (χ2v) is 5.43. The number of carbonyl (C=O) groups is 2. The smallest absolute Gasteiger partial charge is 0.325 e. The summed E-state index contributed by atoms with van der Waals surface area (Å²) in [7, 11) is 0. The predicted octanol–water partition coefficient (Wildman–Crippen LogP) is 3.34. The quantitative estimate of drug-likeness (QED) is 0.910. The number of aryl methyl sites for hydroxylation is 3. The monoisotopic (exact) mass is 312 g/mol. The lowest BCUT2D eigenvalue weighted by Gasteiger charge is -2.10. The highest BCUT2D eigenvalue weighted by Gasteiger charge is 2.10. The number of hydrogen-bond donors (Lipinski definition) is 2. The van der Waals surface area contributed by atoms with Crippen molar-refractivity contribution in [3.05, 3.63) is 59.2 Å². The van der Waals surface area contributed by atoms with Gasteiger partial charge < -0.3 is 10.1 Å². The van der Waals surface area contributed by atoms with Crippen LogP contribution in [-0.4, -0.2) is 18.5 Å². The zero-order valence-corrected chi connectivity index (χ0v) is 13.5. The minimum absolute atomic E-state index is 0.218. The average Bonchev–Trinajstić information content (AvgIpc) is 2.48. The zero-order chi connectivity index (χ0) is 16.8. The Balaban J connectivity index is 1.84. The lowest BCUT2D eigenvalue weighted by atomic mass is 10.1. The molecule has 0 aliphatic rings. The molecule has 0 spiro atoms. The van der Waals surface area contributed by atoms with Crippen LogP contribution in [0.4, 0.5) is 10.5 Å². The van der Waals surface area contributed by atoms with Crippen molar-refractivity contribution >= 4 is 17.6 Å². The van der Waals surface area contributed by atoms with Crippen molar-refractivity contribution in [1.82, 2.24) is 5.32 Å². The summed E-state index contributed by atoms with van der Waals surface area (Å²) in [6.45, 7) is 5.59. The van der Waals surface area contributed by atoms with Gasteiger partial charge in [0.1, 0.15) is 5.75 Å². The molecule has 0 bridgehead atoms. The van der Waals surface area contributed by atoms with Gasteiger partial charge in [-0.15, -0.1) is 0 Å². The Labute approximate surface area is 135 Å². The summed E-state index contributed by atoms with van der Waals surface area (Å²) in [5, 5.41) is 4.89. The Kier molecular flexibility index (Phi) is 5.36. The summed E-state index contributed by atoms with van der Waals surface area (Å²) in [4.78, 5) is 23.6. The molecule has 2 rings (SSSR count). The van der Waals surface area contributed by atoms with Gasteiger partial charge in [0.15, 0.2) is 6.61 Å².